The lowest BCUT2D eigenvalue weighted by molar-refractivity contribution is 0.0947. The zero-order valence-corrected chi connectivity index (χ0v) is 12.7. The second-order valence-electron chi connectivity index (χ2n) is 5.18. The maximum atomic E-state index is 12.1. The van der Waals surface area contributed by atoms with Gasteiger partial charge in [-0.15, -0.1) is 0 Å². The summed E-state index contributed by atoms with van der Waals surface area (Å²) in [5, 5.41) is 7.86. The summed E-state index contributed by atoms with van der Waals surface area (Å²) < 4.78 is 1.34. The zero-order valence-electron chi connectivity index (χ0n) is 12.7. The van der Waals surface area contributed by atoms with Crippen LogP contribution < -0.4 is 10.9 Å². The van der Waals surface area contributed by atoms with Crippen LogP contribution >= 0.6 is 0 Å². The molecule has 1 amide bonds. The van der Waals surface area contributed by atoms with E-state index in [4.69, 9.17) is 0 Å². The zero-order chi connectivity index (χ0) is 16.2. The molecule has 1 N–H and O–H groups in total. The minimum atomic E-state index is -0.267. The van der Waals surface area contributed by atoms with E-state index in [-0.39, 0.29) is 11.5 Å². The average molecular weight is 308 g/mol. The molecule has 3 aromatic rings. The highest BCUT2D eigenvalue weighted by atomic mass is 16.2. The van der Waals surface area contributed by atoms with E-state index in [0.29, 0.717) is 18.8 Å². The molecule has 6 nitrogen and oxygen atoms in total. The number of para-hydroxylation sites is 1. The van der Waals surface area contributed by atoms with Crippen molar-refractivity contribution >= 4 is 16.8 Å². The minimum absolute atomic E-state index is 0.186. The lowest BCUT2D eigenvalue weighted by Gasteiger charge is -2.07. The number of fused-ring (bicyclic) bond motifs is 1. The number of carbonyl (C=O) groups excluding carboxylic acids is 1. The summed E-state index contributed by atoms with van der Waals surface area (Å²) in [5.74, 6) is -0.267. The van der Waals surface area contributed by atoms with Crippen molar-refractivity contribution in [3.63, 3.8) is 0 Å². The van der Waals surface area contributed by atoms with Gasteiger partial charge in [0.25, 0.3) is 11.5 Å². The fourth-order valence-electron chi connectivity index (χ4n) is 2.27. The molecular weight excluding hydrogens is 292 g/mol. The van der Waals surface area contributed by atoms with Gasteiger partial charge >= 0.3 is 0 Å². The summed E-state index contributed by atoms with van der Waals surface area (Å²) in [6.07, 6.45) is 0. The number of carbonyl (C=O) groups is 1. The van der Waals surface area contributed by atoms with Crippen molar-refractivity contribution < 1.29 is 4.79 Å². The van der Waals surface area contributed by atoms with Crippen LogP contribution in [0.1, 0.15) is 16.2 Å². The van der Waals surface area contributed by atoms with Crippen molar-refractivity contribution in [2.75, 3.05) is 6.54 Å². The Hall–Kier alpha value is -3.02. The molecule has 0 saturated heterocycles. The predicted molar refractivity (Wildman–Crippen MR) is 87.3 cm³/mol. The standard InChI is InChI=1S/C17H16N4O2/c1-12-6-9-16(22)21(20-12)11-10-18-17(23)15-8-7-13-4-2-3-5-14(13)19-15/h2-9H,10-11H2,1H3,(H,18,23). The first-order chi connectivity index (χ1) is 11.1. The number of aryl methyl sites for hydroxylation is 1. The summed E-state index contributed by atoms with van der Waals surface area (Å²) >= 11 is 0. The molecule has 0 saturated carbocycles. The molecule has 0 radical (unpaired) electrons. The van der Waals surface area contributed by atoms with Gasteiger partial charge in [-0.05, 0) is 25.1 Å². The van der Waals surface area contributed by atoms with Crippen LogP contribution in [0.2, 0.25) is 0 Å². The minimum Gasteiger partial charge on any atom is -0.349 e. The van der Waals surface area contributed by atoms with Crippen LogP contribution in [0.15, 0.2) is 53.3 Å². The van der Waals surface area contributed by atoms with Crippen molar-refractivity contribution in [3.8, 4) is 0 Å². The lowest BCUT2D eigenvalue weighted by Crippen LogP contribution is -2.32. The van der Waals surface area contributed by atoms with Crippen molar-refractivity contribution in [2.45, 2.75) is 13.5 Å². The Kier molecular flexibility index (Phi) is 4.14. The molecule has 0 spiro atoms. The van der Waals surface area contributed by atoms with Gasteiger partial charge in [-0.25, -0.2) is 9.67 Å². The molecular formula is C17H16N4O2. The molecule has 0 unspecified atom stereocenters. The van der Waals surface area contributed by atoms with Gasteiger partial charge in [-0.1, -0.05) is 24.3 Å². The Morgan fingerprint density at radius 3 is 2.83 bits per heavy atom. The number of aromatic nitrogens is 3. The normalized spacial score (nSPS) is 10.7. The fourth-order valence-corrected chi connectivity index (χ4v) is 2.27. The molecule has 0 atom stereocenters. The largest absolute Gasteiger partial charge is 0.349 e. The number of nitrogens with one attached hydrogen (secondary N) is 1. The number of nitrogens with zero attached hydrogens (tertiary/aromatic N) is 3. The molecule has 0 fully saturated rings. The van der Waals surface area contributed by atoms with Crippen LogP contribution in [0.4, 0.5) is 0 Å². The Balaban J connectivity index is 1.66. The summed E-state index contributed by atoms with van der Waals surface area (Å²) in [4.78, 5) is 28.1. The predicted octanol–water partition coefficient (Wildman–Crippen LogP) is 1.53. The van der Waals surface area contributed by atoms with Crippen molar-refractivity contribution in [2.24, 2.45) is 0 Å². The maximum Gasteiger partial charge on any atom is 0.269 e. The van der Waals surface area contributed by atoms with Gasteiger partial charge < -0.3 is 5.32 Å². The van der Waals surface area contributed by atoms with Crippen molar-refractivity contribution in [3.05, 3.63) is 70.3 Å². The molecule has 23 heavy (non-hydrogen) atoms. The molecule has 2 heterocycles. The van der Waals surface area contributed by atoms with Gasteiger partial charge in [0.1, 0.15) is 5.69 Å². The van der Waals surface area contributed by atoms with E-state index >= 15 is 0 Å². The summed E-state index contributed by atoms with van der Waals surface area (Å²) in [6.45, 7) is 2.44. The van der Waals surface area contributed by atoms with Crippen molar-refractivity contribution in [1.29, 1.82) is 0 Å². The van der Waals surface area contributed by atoms with Crippen LogP contribution in [-0.4, -0.2) is 27.2 Å². The quantitative estimate of drug-likeness (QED) is 0.793. The number of hydrogen-bond donors (Lipinski definition) is 1. The highest BCUT2D eigenvalue weighted by Gasteiger charge is 2.08. The molecule has 2 aromatic heterocycles. The fraction of sp³-hybridized carbons (Fsp3) is 0.176. The first kappa shape index (κ1) is 14.9. The second-order valence-corrected chi connectivity index (χ2v) is 5.18. The molecule has 0 aliphatic rings. The summed E-state index contributed by atoms with van der Waals surface area (Å²) in [6, 6.07) is 14.3. The maximum absolute atomic E-state index is 12.1. The second kappa shape index (κ2) is 6.39. The van der Waals surface area contributed by atoms with Crippen LogP contribution in [-0.2, 0) is 6.54 Å². The van der Waals surface area contributed by atoms with Crippen LogP contribution in [0.5, 0.6) is 0 Å². The number of amides is 1. The topological polar surface area (TPSA) is 76.9 Å². The third-order valence-corrected chi connectivity index (χ3v) is 3.44. The molecule has 1 aromatic carbocycles. The third-order valence-electron chi connectivity index (χ3n) is 3.44. The van der Waals surface area contributed by atoms with Crippen LogP contribution in [0.3, 0.4) is 0 Å². The van der Waals surface area contributed by atoms with E-state index in [0.717, 1.165) is 16.6 Å². The number of benzene rings is 1. The average Bonchev–Trinajstić information content (AvgIpc) is 2.57. The first-order valence-electron chi connectivity index (χ1n) is 7.32. The lowest BCUT2D eigenvalue weighted by atomic mass is 10.2. The van der Waals surface area contributed by atoms with Gasteiger partial charge in [0.2, 0.25) is 0 Å². The van der Waals surface area contributed by atoms with Crippen molar-refractivity contribution in [1.82, 2.24) is 20.1 Å². The molecule has 0 aliphatic heterocycles. The van der Waals surface area contributed by atoms with E-state index in [9.17, 15) is 9.59 Å². The molecule has 0 aliphatic carbocycles. The van der Waals surface area contributed by atoms with Gasteiger partial charge in [0.15, 0.2) is 0 Å². The SMILES string of the molecule is Cc1ccc(=O)n(CCNC(=O)c2ccc3ccccc3n2)n1. The summed E-state index contributed by atoms with van der Waals surface area (Å²) in [5.41, 5.74) is 1.70. The Morgan fingerprint density at radius 1 is 1.13 bits per heavy atom. The van der Waals surface area contributed by atoms with Gasteiger partial charge in [0.05, 0.1) is 17.8 Å². The molecule has 0 bridgehead atoms. The number of rotatable bonds is 4. The van der Waals surface area contributed by atoms with E-state index in [1.54, 1.807) is 12.1 Å². The Bertz CT molecular complexity index is 918. The van der Waals surface area contributed by atoms with Gasteiger partial charge in [0, 0.05) is 18.0 Å². The van der Waals surface area contributed by atoms with E-state index in [1.165, 1.54) is 10.7 Å². The van der Waals surface area contributed by atoms with Crippen LogP contribution in [0, 0.1) is 6.92 Å². The Morgan fingerprint density at radius 2 is 1.96 bits per heavy atom. The van der Waals surface area contributed by atoms with E-state index in [2.05, 4.69) is 15.4 Å². The highest BCUT2D eigenvalue weighted by molar-refractivity contribution is 5.94. The molecule has 6 heteroatoms. The molecule has 3 rings (SSSR count). The van der Waals surface area contributed by atoms with E-state index in [1.807, 2.05) is 37.3 Å². The smallest absolute Gasteiger partial charge is 0.269 e. The highest BCUT2D eigenvalue weighted by Crippen LogP contribution is 2.11. The third kappa shape index (κ3) is 3.42. The Labute approximate surface area is 132 Å². The number of hydrogen-bond acceptors (Lipinski definition) is 4. The van der Waals surface area contributed by atoms with Gasteiger partial charge in [-0.3, -0.25) is 9.59 Å². The number of pyridine rings is 1. The summed E-state index contributed by atoms with van der Waals surface area (Å²) in [7, 11) is 0. The van der Waals surface area contributed by atoms with E-state index < -0.39 is 0 Å². The monoisotopic (exact) mass is 308 g/mol. The van der Waals surface area contributed by atoms with Gasteiger partial charge in [-0.2, -0.15) is 5.10 Å². The molecule has 116 valence electrons. The first-order valence-corrected chi connectivity index (χ1v) is 7.32. The van der Waals surface area contributed by atoms with Crippen LogP contribution in [0.25, 0.3) is 10.9 Å².